The van der Waals surface area contributed by atoms with E-state index in [2.05, 4.69) is 31.9 Å². The number of carbonyl (C=O) groups excluding carboxylic acids is 2. The Hall–Kier alpha value is -0.890. The number of amides is 2. The van der Waals surface area contributed by atoms with Gasteiger partial charge in [-0.2, -0.15) is 13.2 Å². The molecule has 24 heavy (non-hydrogen) atoms. The van der Waals surface area contributed by atoms with Crippen LogP contribution in [0.2, 0.25) is 0 Å². The summed E-state index contributed by atoms with van der Waals surface area (Å²) >= 11 is 7.16. The van der Waals surface area contributed by atoms with Crippen molar-refractivity contribution in [1.29, 1.82) is 0 Å². The summed E-state index contributed by atoms with van der Waals surface area (Å²) in [5.41, 5.74) is -0.858. The number of benzene rings is 1. The molecule has 4 rings (SSSR count). The van der Waals surface area contributed by atoms with E-state index in [9.17, 15) is 22.8 Å². The fourth-order valence-corrected chi connectivity index (χ4v) is 6.30. The van der Waals surface area contributed by atoms with Gasteiger partial charge in [0.05, 0.1) is 23.1 Å². The van der Waals surface area contributed by atoms with Crippen molar-refractivity contribution in [3.8, 4) is 0 Å². The predicted molar refractivity (Wildman–Crippen MR) is 87.9 cm³/mol. The van der Waals surface area contributed by atoms with E-state index in [0.29, 0.717) is 0 Å². The van der Waals surface area contributed by atoms with Gasteiger partial charge in [0.1, 0.15) is 0 Å². The highest BCUT2D eigenvalue weighted by Crippen LogP contribution is 2.60. The second-order valence-electron chi connectivity index (χ2n) is 6.56. The van der Waals surface area contributed by atoms with Crippen LogP contribution in [0.3, 0.4) is 0 Å². The number of halogens is 5. The number of hydrogen-bond acceptors (Lipinski definition) is 2. The summed E-state index contributed by atoms with van der Waals surface area (Å²) in [6, 6.07) is 4.41. The van der Waals surface area contributed by atoms with Crippen molar-refractivity contribution in [3.05, 3.63) is 29.8 Å². The molecule has 2 bridgehead atoms. The molecule has 1 heterocycles. The number of carbonyl (C=O) groups is 2. The summed E-state index contributed by atoms with van der Waals surface area (Å²) < 4.78 is 38.7. The molecule has 8 heteroatoms. The topological polar surface area (TPSA) is 37.4 Å². The maximum Gasteiger partial charge on any atom is 0.416 e. The second-order valence-corrected chi connectivity index (χ2v) is 8.68. The van der Waals surface area contributed by atoms with Crippen LogP contribution in [0.15, 0.2) is 24.3 Å². The maximum absolute atomic E-state index is 12.9. The molecule has 2 aliphatic carbocycles. The number of anilines is 1. The van der Waals surface area contributed by atoms with Crippen molar-refractivity contribution in [3.63, 3.8) is 0 Å². The summed E-state index contributed by atoms with van der Waals surface area (Å²) in [5, 5.41) is 0. The zero-order chi connectivity index (χ0) is 17.4. The third-order valence-corrected chi connectivity index (χ3v) is 8.63. The van der Waals surface area contributed by atoms with Crippen LogP contribution in [0.5, 0.6) is 0 Å². The van der Waals surface area contributed by atoms with Gasteiger partial charge in [-0.1, -0.05) is 37.9 Å². The van der Waals surface area contributed by atoms with E-state index in [-0.39, 0.29) is 39.0 Å². The summed E-state index contributed by atoms with van der Waals surface area (Å²) in [4.78, 5) is 26.7. The first-order chi connectivity index (χ1) is 11.2. The number of nitrogens with zero attached hydrogens (tertiary/aromatic N) is 1. The molecule has 1 aromatic carbocycles. The Morgan fingerprint density at radius 2 is 1.54 bits per heavy atom. The molecule has 0 radical (unpaired) electrons. The molecule has 3 fully saturated rings. The molecule has 2 amide bonds. The van der Waals surface area contributed by atoms with Crippen LogP contribution in [-0.4, -0.2) is 21.5 Å². The molecular weight excluding hydrogens is 455 g/mol. The molecule has 3 nitrogen and oxygen atoms in total. The molecule has 0 N–H and O–H groups in total. The molecule has 3 aliphatic rings. The Balaban J connectivity index is 1.72. The van der Waals surface area contributed by atoms with E-state index >= 15 is 0 Å². The Labute approximate surface area is 152 Å². The van der Waals surface area contributed by atoms with Gasteiger partial charge in [-0.3, -0.25) is 14.5 Å². The van der Waals surface area contributed by atoms with Crippen molar-refractivity contribution >= 4 is 49.4 Å². The van der Waals surface area contributed by atoms with Crippen molar-refractivity contribution in [2.45, 2.75) is 22.3 Å². The van der Waals surface area contributed by atoms with Gasteiger partial charge in [0.15, 0.2) is 0 Å². The number of rotatable bonds is 1. The van der Waals surface area contributed by atoms with Crippen LogP contribution in [0.25, 0.3) is 0 Å². The highest BCUT2D eigenvalue weighted by Gasteiger charge is 2.66. The number of imide groups is 1. The van der Waals surface area contributed by atoms with Crippen LogP contribution in [-0.2, 0) is 15.8 Å². The quantitative estimate of drug-likeness (QED) is 0.463. The summed E-state index contributed by atoms with van der Waals surface area (Å²) in [6.07, 6.45) is -3.73. The molecule has 0 aromatic heterocycles. The van der Waals surface area contributed by atoms with Crippen molar-refractivity contribution < 1.29 is 22.8 Å². The lowest BCUT2D eigenvalue weighted by Gasteiger charge is -2.28. The zero-order valence-corrected chi connectivity index (χ0v) is 15.3. The number of alkyl halides is 5. The fraction of sp³-hybridized carbons (Fsp3) is 0.500. The lowest BCUT2D eigenvalue weighted by molar-refractivity contribution is -0.137. The third-order valence-electron chi connectivity index (χ3n) is 5.42. The lowest BCUT2D eigenvalue weighted by atomic mass is 9.81. The first-order valence-electron chi connectivity index (χ1n) is 7.55. The van der Waals surface area contributed by atoms with Gasteiger partial charge < -0.3 is 0 Å². The standard InChI is InChI=1S/C16H12Br2F3NO2/c17-12-8-5-9(13(12)18)11-10(8)14(23)22(15(11)24)7-3-1-2-6(4-7)16(19,20)21/h1-4,8-13H,5H2/t8-,9-,10-,11+,12+,13+/m1/s1. The second kappa shape index (κ2) is 5.30. The van der Waals surface area contributed by atoms with E-state index in [1.54, 1.807) is 0 Å². The van der Waals surface area contributed by atoms with Crippen LogP contribution < -0.4 is 4.90 Å². The van der Waals surface area contributed by atoms with Gasteiger partial charge in [-0.25, -0.2) is 0 Å². The molecule has 0 spiro atoms. The monoisotopic (exact) mass is 465 g/mol. The molecular formula is C16H12Br2F3NO2. The smallest absolute Gasteiger partial charge is 0.274 e. The molecule has 2 saturated carbocycles. The number of hydrogen-bond donors (Lipinski definition) is 0. The minimum Gasteiger partial charge on any atom is -0.274 e. The SMILES string of the molecule is O=C1[C@@H]2[C@H]3C[C@@H]([C@H](Br)[C@H]3Br)[C@@H]2C(=O)N1c1cccc(C(F)(F)F)c1. The van der Waals surface area contributed by atoms with Crippen molar-refractivity contribution in [1.82, 2.24) is 0 Å². The molecule has 128 valence electrons. The van der Waals surface area contributed by atoms with Gasteiger partial charge in [0, 0.05) is 9.65 Å². The van der Waals surface area contributed by atoms with Gasteiger partial charge in [-0.05, 0) is 36.5 Å². The van der Waals surface area contributed by atoms with Crippen LogP contribution in [0.4, 0.5) is 18.9 Å². The minimum absolute atomic E-state index is 0.00544. The first-order valence-corrected chi connectivity index (χ1v) is 9.38. The van der Waals surface area contributed by atoms with E-state index in [4.69, 9.17) is 0 Å². The molecule has 1 aromatic rings. The van der Waals surface area contributed by atoms with Crippen LogP contribution in [0, 0.1) is 23.7 Å². The normalized spacial score (nSPS) is 38.1. The Morgan fingerprint density at radius 1 is 1.00 bits per heavy atom. The summed E-state index contributed by atoms with van der Waals surface area (Å²) in [7, 11) is 0. The molecule has 6 atom stereocenters. The average Bonchev–Trinajstić information content (AvgIpc) is 3.12. The Bertz CT molecular complexity index is 706. The van der Waals surface area contributed by atoms with Gasteiger partial charge in [-0.15, -0.1) is 0 Å². The van der Waals surface area contributed by atoms with Gasteiger partial charge >= 0.3 is 6.18 Å². The largest absolute Gasteiger partial charge is 0.416 e. The first kappa shape index (κ1) is 16.6. The fourth-order valence-electron chi connectivity index (χ4n) is 4.42. The van der Waals surface area contributed by atoms with E-state index < -0.39 is 23.6 Å². The Kier molecular flexibility index (Phi) is 3.66. The van der Waals surface area contributed by atoms with E-state index in [1.165, 1.54) is 12.1 Å². The highest BCUT2D eigenvalue weighted by molar-refractivity contribution is 9.12. The minimum atomic E-state index is -4.52. The molecule has 1 saturated heterocycles. The van der Waals surface area contributed by atoms with E-state index in [1.807, 2.05) is 0 Å². The molecule has 0 unspecified atom stereocenters. The highest BCUT2D eigenvalue weighted by atomic mass is 79.9. The van der Waals surface area contributed by atoms with Crippen LogP contribution in [0.1, 0.15) is 12.0 Å². The maximum atomic E-state index is 12.9. The molecule has 1 aliphatic heterocycles. The predicted octanol–water partition coefficient (Wildman–Crippen LogP) is 3.99. The zero-order valence-electron chi connectivity index (χ0n) is 12.1. The number of fused-ring (bicyclic) bond motifs is 5. The lowest BCUT2D eigenvalue weighted by Crippen LogP contribution is -2.37. The average molecular weight is 467 g/mol. The van der Waals surface area contributed by atoms with Crippen molar-refractivity contribution in [2.24, 2.45) is 23.7 Å². The van der Waals surface area contributed by atoms with Gasteiger partial charge in [0.2, 0.25) is 11.8 Å². The van der Waals surface area contributed by atoms with Crippen LogP contribution >= 0.6 is 31.9 Å². The Morgan fingerprint density at radius 3 is 2.04 bits per heavy atom. The summed E-state index contributed by atoms with van der Waals surface area (Å²) in [5.74, 6) is -1.54. The van der Waals surface area contributed by atoms with Crippen molar-refractivity contribution in [2.75, 3.05) is 4.90 Å². The van der Waals surface area contributed by atoms with E-state index in [0.717, 1.165) is 23.5 Å². The summed E-state index contributed by atoms with van der Waals surface area (Å²) in [6.45, 7) is 0. The van der Waals surface area contributed by atoms with Gasteiger partial charge in [0.25, 0.3) is 0 Å². The third kappa shape index (κ3) is 2.14.